The molecule has 0 fully saturated rings. The summed E-state index contributed by atoms with van der Waals surface area (Å²) < 4.78 is 8.01. The molecule has 27 heavy (non-hydrogen) atoms. The van der Waals surface area contributed by atoms with Crippen LogP contribution in [0.5, 0.6) is 0 Å². The highest BCUT2D eigenvalue weighted by Crippen LogP contribution is 2.21. The SMILES string of the molecule is Cc1cc(C(=O)OCCN=[N+]=[N-])c(CN=[N+]=[N-])n1Cc1cccc(CI)c1. The van der Waals surface area contributed by atoms with Gasteiger partial charge in [-0.3, -0.25) is 0 Å². The van der Waals surface area contributed by atoms with E-state index in [2.05, 4.69) is 54.8 Å². The second kappa shape index (κ2) is 10.5. The van der Waals surface area contributed by atoms with Crippen LogP contribution in [0.4, 0.5) is 0 Å². The van der Waals surface area contributed by atoms with E-state index in [0.29, 0.717) is 17.8 Å². The highest BCUT2D eigenvalue weighted by molar-refractivity contribution is 14.1. The number of halogens is 1. The van der Waals surface area contributed by atoms with E-state index in [1.165, 1.54) is 5.56 Å². The van der Waals surface area contributed by atoms with Gasteiger partial charge < -0.3 is 9.30 Å². The quantitative estimate of drug-likeness (QED) is 0.0948. The summed E-state index contributed by atoms with van der Waals surface area (Å²) in [5, 5.41) is 6.96. The molecule has 2 rings (SSSR count). The summed E-state index contributed by atoms with van der Waals surface area (Å²) in [6.45, 7) is 2.54. The minimum Gasteiger partial charge on any atom is -0.462 e. The summed E-state index contributed by atoms with van der Waals surface area (Å²) in [5.41, 5.74) is 21.1. The van der Waals surface area contributed by atoms with Crippen LogP contribution in [0.25, 0.3) is 20.9 Å². The van der Waals surface area contributed by atoms with Crippen molar-refractivity contribution < 1.29 is 9.53 Å². The second-order valence-electron chi connectivity index (χ2n) is 5.67. The molecule has 0 N–H and O–H groups in total. The molecule has 0 saturated carbocycles. The minimum absolute atomic E-state index is 0.00815. The van der Waals surface area contributed by atoms with Crippen LogP contribution < -0.4 is 0 Å². The van der Waals surface area contributed by atoms with Crippen LogP contribution in [-0.4, -0.2) is 23.7 Å². The van der Waals surface area contributed by atoms with Gasteiger partial charge in [-0.2, -0.15) is 0 Å². The van der Waals surface area contributed by atoms with Crippen LogP contribution in [0, 0.1) is 6.92 Å². The molecule has 140 valence electrons. The molecule has 0 aliphatic heterocycles. The molecule has 0 amide bonds. The molecule has 0 bridgehead atoms. The Morgan fingerprint density at radius 2 is 1.96 bits per heavy atom. The van der Waals surface area contributed by atoms with E-state index in [4.69, 9.17) is 15.8 Å². The fourth-order valence-corrected chi connectivity index (χ4v) is 3.16. The van der Waals surface area contributed by atoms with Crippen molar-refractivity contribution in [3.8, 4) is 0 Å². The van der Waals surface area contributed by atoms with Gasteiger partial charge in [-0.1, -0.05) is 57.1 Å². The molecule has 1 heterocycles. The van der Waals surface area contributed by atoms with Gasteiger partial charge in [0.25, 0.3) is 0 Å². The number of esters is 1. The number of ether oxygens (including phenoxy) is 1. The zero-order valence-electron chi connectivity index (χ0n) is 14.7. The molecule has 9 nitrogen and oxygen atoms in total. The molecular weight excluding hydrogens is 461 g/mol. The fraction of sp³-hybridized carbons (Fsp3) is 0.353. The second-order valence-corrected chi connectivity index (χ2v) is 6.43. The molecule has 0 atom stereocenters. The smallest absolute Gasteiger partial charge is 0.339 e. The number of nitrogens with zero attached hydrogens (tertiary/aromatic N) is 7. The maximum atomic E-state index is 12.4. The van der Waals surface area contributed by atoms with E-state index < -0.39 is 5.97 Å². The van der Waals surface area contributed by atoms with Gasteiger partial charge in [0.1, 0.15) is 0 Å². The monoisotopic (exact) mass is 479 g/mol. The van der Waals surface area contributed by atoms with Crippen LogP contribution in [0.2, 0.25) is 0 Å². The fourth-order valence-electron chi connectivity index (χ4n) is 2.69. The van der Waals surface area contributed by atoms with Crippen LogP contribution in [0.1, 0.15) is 32.9 Å². The number of rotatable bonds is 9. The number of carbonyl (C=O) groups excluding carboxylic acids is 1. The molecule has 0 spiro atoms. The molecule has 0 radical (unpaired) electrons. The van der Waals surface area contributed by atoms with E-state index in [0.717, 1.165) is 15.7 Å². The number of aryl methyl sites for hydroxylation is 1. The van der Waals surface area contributed by atoms with Crippen molar-refractivity contribution in [3.63, 3.8) is 0 Å². The van der Waals surface area contributed by atoms with Gasteiger partial charge in [-0.15, -0.1) is 0 Å². The number of benzene rings is 1. The topological polar surface area (TPSA) is 129 Å². The molecule has 0 aliphatic rings. The lowest BCUT2D eigenvalue weighted by molar-refractivity contribution is 0.0515. The predicted molar refractivity (Wildman–Crippen MR) is 110 cm³/mol. The molecule has 0 saturated heterocycles. The molecule has 2 aromatic rings. The normalized spacial score (nSPS) is 10.0. The lowest BCUT2D eigenvalue weighted by Crippen LogP contribution is -2.12. The lowest BCUT2D eigenvalue weighted by atomic mass is 10.1. The number of carbonyl (C=O) groups is 1. The highest BCUT2D eigenvalue weighted by Gasteiger charge is 2.19. The van der Waals surface area contributed by atoms with Gasteiger partial charge in [0.15, 0.2) is 0 Å². The molecule has 1 aromatic carbocycles. The summed E-state index contributed by atoms with van der Waals surface area (Å²) in [6, 6.07) is 9.91. The van der Waals surface area contributed by atoms with E-state index in [-0.39, 0.29) is 19.7 Å². The van der Waals surface area contributed by atoms with Gasteiger partial charge in [0, 0.05) is 32.2 Å². The first kappa shape index (κ1) is 20.6. The molecule has 10 heteroatoms. The van der Waals surface area contributed by atoms with Gasteiger partial charge in [0.2, 0.25) is 0 Å². The maximum Gasteiger partial charge on any atom is 0.339 e. The Morgan fingerprint density at radius 1 is 1.22 bits per heavy atom. The third kappa shape index (κ3) is 5.65. The molecular formula is C17H18IN7O2. The Labute approximate surface area is 169 Å². The number of azide groups is 2. The third-order valence-corrected chi connectivity index (χ3v) is 4.77. The van der Waals surface area contributed by atoms with Crippen molar-refractivity contribution in [2.24, 2.45) is 10.2 Å². The zero-order chi connectivity index (χ0) is 19.6. The van der Waals surface area contributed by atoms with Gasteiger partial charge >= 0.3 is 5.97 Å². The summed E-state index contributed by atoms with van der Waals surface area (Å²) in [7, 11) is 0. The van der Waals surface area contributed by atoms with Gasteiger partial charge in [-0.25, -0.2) is 4.79 Å². The Hall–Kier alpha value is -2.68. The number of alkyl halides is 1. The van der Waals surface area contributed by atoms with Crippen LogP contribution in [0.15, 0.2) is 40.6 Å². The number of aromatic nitrogens is 1. The van der Waals surface area contributed by atoms with Crippen molar-refractivity contribution in [2.45, 2.75) is 24.4 Å². The summed E-state index contributed by atoms with van der Waals surface area (Å²) in [5.74, 6) is -0.533. The van der Waals surface area contributed by atoms with E-state index in [9.17, 15) is 4.79 Å². The molecule has 0 aliphatic carbocycles. The standard InChI is InChI=1S/C17H18IN7O2/c1-12-7-15(17(26)27-6-5-21-23-19)16(10-22-24-20)25(12)11-14-4-2-3-13(8-14)9-18/h2-4,7-8H,5-6,9-11H2,1H3. The minimum atomic E-state index is -0.533. The zero-order valence-corrected chi connectivity index (χ0v) is 16.9. The Kier molecular flexibility index (Phi) is 8.00. The van der Waals surface area contributed by atoms with Crippen LogP contribution in [-0.2, 0) is 22.3 Å². The molecule has 0 unspecified atom stereocenters. The van der Waals surface area contributed by atoms with Gasteiger partial charge in [-0.05, 0) is 35.2 Å². The Balaban J connectivity index is 2.32. The Bertz CT molecular complexity index is 912. The first-order valence-electron chi connectivity index (χ1n) is 8.12. The van der Waals surface area contributed by atoms with Crippen molar-refractivity contribution >= 4 is 28.6 Å². The average Bonchev–Trinajstić information content (AvgIpc) is 2.99. The van der Waals surface area contributed by atoms with E-state index >= 15 is 0 Å². The van der Waals surface area contributed by atoms with Crippen LogP contribution in [0.3, 0.4) is 0 Å². The number of hydrogen-bond donors (Lipinski definition) is 0. The molecule has 1 aromatic heterocycles. The van der Waals surface area contributed by atoms with Crippen molar-refractivity contribution in [1.82, 2.24) is 4.57 Å². The van der Waals surface area contributed by atoms with E-state index in [1.54, 1.807) is 6.07 Å². The first-order chi connectivity index (χ1) is 13.1. The van der Waals surface area contributed by atoms with E-state index in [1.807, 2.05) is 23.6 Å². The van der Waals surface area contributed by atoms with Crippen LogP contribution >= 0.6 is 22.6 Å². The average molecular weight is 479 g/mol. The highest BCUT2D eigenvalue weighted by atomic mass is 127. The van der Waals surface area contributed by atoms with Crippen molar-refractivity contribution in [2.75, 3.05) is 13.2 Å². The third-order valence-electron chi connectivity index (χ3n) is 3.89. The predicted octanol–water partition coefficient (Wildman–Crippen LogP) is 5.06. The van der Waals surface area contributed by atoms with Gasteiger partial charge in [0.05, 0.1) is 25.3 Å². The maximum absolute atomic E-state index is 12.4. The summed E-state index contributed by atoms with van der Waals surface area (Å²) in [6.07, 6.45) is 0. The first-order valence-corrected chi connectivity index (χ1v) is 9.65. The Morgan fingerprint density at radius 3 is 2.67 bits per heavy atom. The van der Waals surface area contributed by atoms with Crippen molar-refractivity contribution in [3.05, 3.63) is 79.3 Å². The summed E-state index contributed by atoms with van der Waals surface area (Å²) >= 11 is 2.31. The lowest BCUT2D eigenvalue weighted by Gasteiger charge is -2.12. The number of hydrogen-bond acceptors (Lipinski definition) is 4. The van der Waals surface area contributed by atoms with Crippen molar-refractivity contribution in [1.29, 1.82) is 0 Å². The summed E-state index contributed by atoms with van der Waals surface area (Å²) in [4.78, 5) is 17.8. The largest absolute Gasteiger partial charge is 0.462 e.